The summed E-state index contributed by atoms with van der Waals surface area (Å²) in [6, 6.07) is 0. The van der Waals surface area contributed by atoms with Crippen molar-refractivity contribution in [2.75, 3.05) is 7.11 Å². The van der Waals surface area contributed by atoms with Gasteiger partial charge in [0.1, 0.15) is 0 Å². The molecule has 2 unspecified atom stereocenters. The summed E-state index contributed by atoms with van der Waals surface area (Å²) < 4.78 is 5.25. The normalized spacial score (nSPS) is 20.4. The summed E-state index contributed by atoms with van der Waals surface area (Å²) in [6.07, 6.45) is 12.0. The second-order valence-corrected chi connectivity index (χ2v) is 4.23. The van der Waals surface area contributed by atoms with E-state index in [0.29, 0.717) is 6.10 Å². The fourth-order valence-electron chi connectivity index (χ4n) is 1.82. The quantitative estimate of drug-likeness (QED) is 0.648. The third kappa shape index (κ3) is 3.67. The predicted octanol–water partition coefficient (Wildman–Crippen LogP) is 3.71. The van der Waals surface area contributed by atoms with Crippen LogP contribution in [-0.2, 0) is 4.74 Å². The fourth-order valence-corrected chi connectivity index (χ4v) is 1.82. The molecule has 0 N–H and O–H groups in total. The van der Waals surface area contributed by atoms with Crippen LogP contribution in [0.3, 0.4) is 0 Å². The molecule has 0 saturated heterocycles. The summed E-state index contributed by atoms with van der Waals surface area (Å²) in [5.41, 5.74) is 1.61. The zero-order chi connectivity index (χ0) is 10.4. The van der Waals surface area contributed by atoms with E-state index in [1.165, 1.54) is 25.7 Å². The Morgan fingerprint density at radius 1 is 1.36 bits per heavy atom. The molecule has 0 saturated carbocycles. The lowest BCUT2D eigenvalue weighted by Gasteiger charge is -2.18. The third-order valence-corrected chi connectivity index (χ3v) is 3.09. The lowest BCUT2D eigenvalue weighted by atomic mass is 9.89. The van der Waals surface area contributed by atoms with Gasteiger partial charge in [-0.1, -0.05) is 30.7 Å². The summed E-state index contributed by atoms with van der Waals surface area (Å²) in [7, 11) is 1.79. The van der Waals surface area contributed by atoms with Gasteiger partial charge in [-0.2, -0.15) is 0 Å². The second kappa shape index (κ2) is 6.02. The SMILES string of the molecule is COC(C)CCC(C)C1=CC=CCC1. The summed E-state index contributed by atoms with van der Waals surface area (Å²) >= 11 is 0. The number of ether oxygens (including phenoxy) is 1. The van der Waals surface area contributed by atoms with E-state index in [9.17, 15) is 0 Å². The first-order valence-electron chi connectivity index (χ1n) is 5.62. The van der Waals surface area contributed by atoms with E-state index in [4.69, 9.17) is 4.74 Å². The zero-order valence-electron chi connectivity index (χ0n) is 9.62. The average molecular weight is 194 g/mol. The van der Waals surface area contributed by atoms with Crippen LogP contribution in [-0.4, -0.2) is 13.2 Å². The highest BCUT2D eigenvalue weighted by Crippen LogP contribution is 2.24. The molecule has 1 nitrogen and oxygen atoms in total. The molecule has 0 amide bonds. The molecule has 0 aromatic heterocycles. The molecule has 0 heterocycles. The third-order valence-electron chi connectivity index (χ3n) is 3.09. The van der Waals surface area contributed by atoms with Gasteiger partial charge in [0, 0.05) is 7.11 Å². The molecule has 2 atom stereocenters. The lowest BCUT2D eigenvalue weighted by molar-refractivity contribution is 0.106. The van der Waals surface area contributed by atoms with E-state index >= 15 is 0 Å². The lowest BCUT2D eigenvalue weighted by Crippen LogP contribution is -2.09. The summed E-state index contributed by atoms with van der Waals surface area (Å²) in [4.78, 5) is 0. The molecule has 0 aliphatic heterocycles. The van der Waals surface area contributed by atoms with Crippen LogP contribution in [0.1, 0.15) is 39.5 Å². The summed E-state index contributed by atoms with van der Waals surface area (Å²) in [5.74, 6) is 0.720. The maximum Gasteiger partial charge on any atom is 0.0543 e. The molecule has 0 fully saturated rings. The van der Waals surface area contributed by atoms with E-state index in [1.54, 1.807) is 12.7 Å². The first-order chi connectivity index (χ1) is 6.74. The number of allylic oxidation sites excluding steroid dienone is 4. The molecule has 1 aliphatic carbocycles. The monoisotopic (exact) mass is 194 g/mol. The van der Waals surface area contributed by atoms with Crippen molar-refractivity contribution in [3.8, 4) is 0 Å². The fraction of sp³-hybridized carbons (Fsp3) is 0.692. The maximum absolute atomic E-state index is 5.25. The van der Waals surface area contributed by atoms with E-state index in [0.717, 1.165) is 5.92 Å². The van der Waals surface area contributed by atoms with Crippen molar-refractivity contribution < 1.29 is 4.74 Å². The topological polar surface area (TPSA) is 9.23 Å². The Bertz CT molecular complexity index is 215. The van der Waals surface area contributed by atoms with Crippen molar-refractivity contribution in [2.24, 2.45) is 5.92 Å². The van der Waals surface area contributed by atoms with Crippen LogP contribution in [0.15, 0.2) is 23.8 Å². The molecule has 1 aliphatic rings. The molecule has 14 heavy (non-hydrogen) atoms. The van der Waals surface area contributed by atoms with Gasteiger partial charge in [0.05, 0.1) is 6.10 Å². The number of hydrogen-bond donors (Lipinski definition) is 0. The van der Waals surface area contributed by atoms with Crippen molar-refractivity contribution >= 4 is 0 Å². The number of hydrogen-bond acceptors (Lipinski definition) is 1. The van der Waals surface area contributed by atoms with Gasteiger partial charge in [-0.25, -0.2) is 0 Å². The Labute approximate surface area is 87.8 Å². The van der Waals surface area contributed by atoms with E-state index < -0.39 is 0 Å². The van der Waals surface area contributed by atoms with Crippen LogP contribution in [0.5, 0.6) is 0 Å². The van der Waals surface area contributed by atoms with Crippen LogP contribution >= 0.6 is 0 Å². The Balaban J connectivity index is 2.30. The van der Waals surface area contributed by atoms with Crippen molar-refractivity contribution in [3.63, 3.8) is 0 Å². The van der Waals surface area contributed by atoms with Gasteiger partial charge >= 0.3 is 0 Å². The molecular formula is C13H22O. The van der Waals surface area contributed by atoms with Gasteiger partial charge in [-0.05, 0) is 38.5 Å². The van der Waals surface area contributed by atoms with Crippen LogP contribution in [0, 0.1) is 5.92 Å². The highest BCUT2D eigenvalue weighted by Gasteiger charge is 2.10. The van der Waals surface area contributed by atoms with Crippen molar-refractivity contribution in [2.45, 2.75) is 45.6 Å². The molecule has 1 rings (SSSR count). The highest BCUT2D eigenvalue weighted by molar-refractivity contribution is 5.19. The largest absolute Gasteiger partial charge is 0.382 e. The minimum Gasteiger partial charge on any atom is -0.382 e. The summed E-state index contributed by atoms with van der Waals surface area (Å²) in [5, 5.41) is 0. The Morgan fingerprint density at radius 2 is 2.14 bits per heavy atom. The second-order valence-electron chi connectivity index (χ2n) is 4.23. The Kier molecular flexibility index (Phi) is 4.95. The zero-order valence-corrected chi connectivity index (χ0v) is 9.62. The molecule has 0 radical (unpaired) electrons. The van der Waals surface area contributed by atoms with Crippen molar-refractivity contribution in [1.82, 2.24) is 0 Å². The molecule has 0 aromatic carbocycles. The minimum absolute atomic E-state index is 0.400. The summed E-state index contributed by atoms with van der Waals surface area (Å²) in [6.45, 7) is 4.47. The van der Waals surface area contributed by atoms with Crippen LogP contribution in [0.2, 0.25) is 0 Å². The van der Waals surface area contributed by atoms with E-state index in [1.807, 2.05) is 0 Å². The minimum atomic E-state index is 0.400. The standard InChI is InChI=1S/C13H22O/c1-11(9-10-12(2)14-3)13-7-5-4-6-8-13/h4-5,7,11-12H,6,8-10H2,1-3H3. The molecule has 0 aromatic rings. The van der Waals surface area contributed by atoms with Gasteiger partial charge in [0.2, 0.25) is 0 Å². The van der Waals surface area contributed by atoms with Crippen LogP contribution in [0.25, 0.3) is 0 Å². The first kappa shape index (κ1) is 11.5. The van der Waals surface area contributed by atoms with Gasteiger partial charge in [-0.3, -0.25) is 0 Å². The smallest absolute Gasteiger partial charge is 0.0543 e. The Hall–Kier alpha value is -0.560. The van der Waals surface area contributed by atoms with Gasteiger partial charge in [-0.15, -0.1) is 0 Å². The highest BCUT2D eigenvalue weighted by atomic mass is 16.5. The van der Waals surface area contributed by atoms with Gasteiger partial charge in [0.25, 0.3) is 0 Å². The molecule has 0 spiro atoms. The van der Waals surface area contributed by atoms with Gasteiger partial charge in [0.15, 0.2) is 0 Å². The van der Waals surface area contributed by atoms with Gasteiger partial charge < -0.3 is 4.74 Å². The van der Waals surface area contributed by atoms with Crippen molar-refractivity contribution in [1.29, 1.82) is 0 Å². The Morgan fingerprint density at radius 3 is 2.71 bits per heavy atom. The molecule has 0 bridgehead atoms. The number of methoxy groups -OCH3 is 1. The predicted molar refractivity (Wildman–Crippen MR) is 61.3 cm³/mol. The van der Waals surface area contributed by atoms with Crippen molar-refractivity contribution in [3.05, 3.63) is 23.8 Å². The van der Waals surface area contributed by atoms with Crippen LogP contribution in [0.4, 0.5) is 0 Å². The average Bonchev–Trinajstić information content (AvgIpc) is 2.26. The molecular weight excluding hydrogens is 172 g/mol. The molecule has 80 valence electrons. The van der Waals surface area contributed by atoms with E-state index in [-0.39, 0.29) is 0 Å². The molecule has 1 heteroatoms. The first-order valence-corrected chi connectivity index (χ1v) is 5.62. The maximum atomic E-state index is 5.25. The number of rotatable bonds is 5. The van der Waals surface area contributed by atoms with Crippen LogP contribution < -0.4 is 0 Å². The van der Waals surface area contributed by atoms with E-state index in [2.05, 4.69) is 32.1 Å².